The van der Waals surface area contributed by atoms with Gasteiger partial charge in [-0.05, 0) is 30.5 Å². The molecule has 1 aliphatic rings. The second kappa shape index (κ2) is 6.63. The zero-order valence-electron chi connectivity index (χ0n) is 12.3. The van der Waals surface area contributed by atoms with Crippen molar-refractivity contribution in [2.75, 3.05) is 13.7 Å². The van der Waals surface area contributed by atoms with E-state index in [-0.39, 0.29) is 0 Å². The first-order chi connectivity index (χ1) is 10.3. The van der Waals surface area contributed by atoms with Gasteiger partial charge in [-0.15, -0.1) is 0 Å². The van der Waals surface area contributed by atoms with Crippen molar-refractivity contribution in [2.24, 2.45) is 5.92 Å². The Morgan fingerprint density at radius 3 is 2.86 bits per heavy atom. The summed E-state index contributed by atoms with van der Waals surface area (Å²) in [6, 6.07) is 7.87. The Balaban J connectivity index is 1.65. The predicted molar refractivity (Wildman–Crippen MR) is 84.9 cm³/mol. The van der Waals surface area contributed by atoms with Crippen LogP contribution in [0.25, 0.3) is 10.9 Å². The number of hydrogen-bond acceptors (Lipinski definition) is 3. The van der Waals surface area contributed by atoms with E-state index in [0.29, 0.717) is 11.8 Å². The van der Waals surface area contributed by atoms with Crippen LogP contribution >= 0.6 is 11.6 Å². The van der Waals surface area contributed by atoms with Crippen molar-refractivity contribution < 1.29 is 9.47 Å². The van der Waals surface area contributed by atoms with Crippen molar-refractivity contribution in [3.8, 4) is 5.75 Å². The monoisotopic (exact) mass is 305 g/mol. The maximum atomic E-state index is 6.25. The van der Waals surface area contributed by atoms with Gasteiger partial charge in [0.2, 0.25) is 0 Å². The molecule has 0 atom stereocenters. The van der Waals surface area contributed by atoms with Gasteiger partial charge in [0.25, 0.3) is 0 Å². The number of hydrogen-bond donors (Lipinski definition) is 0. The van der Waals surface area contributed by atoms with Gasteiger partial charge >= 0.3 is 0 Å². The molecule has 1 aliphatic carbocycles. The van der Waals surface area contributed by atoms with Crippen molar-refractivity contribution in [3.05, 3.63) is 35.0 Å². The molecule has 3 nitrogen and oxygen atoms in total. The summed E-state index contributed by atoms with van der Waals surface area (Å²) >= 11 is 6.25. The van der Waals surface area contributed by atoms with E-state index >= 15 is 0 Å². The highest BCUT2D eigenvalue weighted by Crippen LogP contribution is 2.29. The van der Waals surface area contributed by atoms with Crippen LogP contribution in [0.15, 0.2) is 24.3 Å². The molecule has 112 valence electrons. The first kappa shape index (κ1) is 14.6. The normalized spacial score (nSPS) is 15.1. The molecular weight excluding hydrogens is 286 g/mol. The average Bonchev–Trinajstić information content (AvgIpc) is 2.45. The van der Waals surface area contributed by atoms with Gasteiger partial charge < -0.3 is 9.47 Å². The van der Waals surface area contributed by atoms with Crippen LogP contribution in [-0.2, 0) is 11.3 Å². The molecule has 0 amide bonds. The Labute approximate surface area is 130 Å². The van der Waals surface area contributed by atoms with E-state index in [1.54, 1.807) is 7.11 Å². The Bertz CT molecular complexity index is 625. The molecule has 0 bridgehead atoms. The highest BCUT2D eigenvalue weighted by Gasteiger charge is 2.16. The molecule has 0 aliphatic heterocycles. The number of halogens is 1. The van der Waals surface area contributed by atoms with Gasteiger partial charge in [-0.2, -0.15) is 0 Å². The van der Waals surface area contributed by atoms with Crippen LogP contribution in [0.4, 0.5) is 0 Å². The summed E-state index contributed by atoms with van der Waals surface area (Å²) in [5.74, 6) is 1.67. The number of benzene rings is 1. The molecule has 0 spiro atoms. The molecule has 1 heterocycles. The fraction of sp³-hybridized carbons (Fsp3) is 0.471. The lowest BCUT2D eigenvalue weighted by molar-refractivity contribution is 0.0949. The zero-order valence-corrected chi connectivity index (χ0v) is 13.0. The van der Waals surface area contributed by atoms with E-state index in [9.17, 15) is 0 Å². The molecule has 2 aromatic rings. The fourth-order valence-electron chi connectivity index (χ4n) is 2.61. The van der Waals surface area contributed by atoms with Crippen molar-refractivity contribution in [3.63, 3.8) is 0 Å². The average molecular weight is 306 g/mol. The minimum atomic E-state index is 0.513. The number of aromatic nitrogens is 1. The summed E-state index contributed by atoms with van der Waals surface area (Å²) in [6.07, 6.45) is 5.28. The number of pyridine rings is 1. The SMILES string of the molecule is COc1ccc2cc(COCCC3CCC3)c(Cl)nc2c1. The van der Waals surface area contributed by atoms with Crippen LogP contribution in [-0.4, -0.2) is 18.7 Å². The van der Waals surface area contributed by atoms with Gasteiger partial charge in [0.05, 0.1) is 19.2 Å². The van der Waals surface area contributed by atoms with Gasteiger partial charge in [0.15, 0.2) is 0 Å². The van der Waals surface area contributed by atoms with Gasteiger partial charge in [-0.25, -0.2) is 4.98 Å². The van der Waals surface area contributed by atoms with Gasteiger partial charge in [0.1, 0.15) is 10.9 Å². The van der Waals surface area contributed by atoms with E-state index in [1.807, 2.05) is 24.3 Å². The summed E-state index contributed by atoms with van der Waals surface area (Å²) in [7, 11) is 1.65. The van der Waals surface area contributed by atoms with E-state index in [2.05, 4.69) is 4.98 Å². The number of methoxy groups -OCH3 is 1. The lowest BCUT2D eigenvalue weighted by atomic mass is 9.83. The minimum absolute atomic E-state index is 0.513. The molecule has 4 heteroatoms. The summed E-state index contributed by atoms with van der Waals surface area (Å²) in [5.41, 5.74) is 1.79. The second-order valence-corrected chi connectivity index (χ2v) is 5.99. The third kappa shape index (κ3) is 3.47. The highest BCUT2D eigenvalue weighted by molar-refractivity contribution is 6.30. The maximum absolute atomic E-state index is 6.25. The van der Waals surface area contributed by atoms with Crippen LogP contribution in [0, 0.1) is 5.92 Å². The van der Waals surface area contributed by atoms with Crippen LogP contribution in [0.1, 0.15) is 31.2 Å². The van der Waals surface area contributed by atoms with E-state index in [4.69, 9.17) is 21.1 Å². The molecule has 0 unspecified atom stereocenters. The highest BCUT2D eigenvalue weighted by atomic mass is 35.5. The van der Waals surface area contributed by atoms with E-state index < -0.39 is 0 Å². The quantitative estimate of drug-likeness (QED) is 0.577. The molecule has 0 radical (unpaired) electrons. The molecule has 0 saturated heterocycles. The van der Waals surface area contributed by atoms with Crippen molar-refractivity contribution in [1.29, 1.82) is 0 Å². The Morgan fingerprint density at radius 1 is 1.29 bits per heavy atom. The number of ether oxygens (including phenoxy) is 2. The van der Waals surface area contributed by atoms with Gasteiger partial charge in [-0.3, -0.25) is 0 Å². The van der Waals surface area contributed by atoms with Crippen LogP contribution < -0.4 is 4.74 Å². The van der Waals surface area contributed by atoms with Crippen molar-refractivity contribution >= 4 is 22.5 Å². The van der Waals surface area contributed by atoms with E-state index in [1.165, 1.54) is 19.3 Å². The molecule has 1 aromatic heterocycles. The zero-order chi connectivity index (χ0) is 14.7. The third-order valence-electron chi connectivity index (χ3n) is 4.20. The summed E-state index contributed by atoms with van der Waals surface area (Å²) in [6.45, 7) is 1.34. The number of rotatable bonds is 6. The minimum Gasteiger partial charge on any atom is -0.497 e. The molecule has 1 aromatic carbocycles. The van der Waals surface area contributed by atoms with E-state index in [0.717, 1.165) is 41.2 Å². The Kier molecular flexibility index (Phi) is 4.61. The van der Waals surface area contributed by atoms with Crippen molar-refractivity contribution in [1.82, 2.24) is 4.98 Å². The fourth-order valence-corrected chi connectivity index (χ4v) is 2.81. The third-order valence-corrected chi connectivity index (χ3v) is 4.53. The first-order valence-corrected chi connectivity index (χ1v) is 7.85. The Hall–Kier alpha value is -1.32. The smallest absolute Gasteiger partial charge is 0.135 e. The summed E-state index contributed by atoms with van der Waals surface area (Å²) < 4.78 is 11.0. The summed E-state index contributed by atoms with van der Waals surface area (Å²) in [5, 5.41) is 1.57. The Morgan fingerprint density at radius 2 is 2.14 bits per heavy atom. The first-order valence-electron chi connectivity index (χ1n) is 7.47. The standard InChI is InChI=1S/C17H20ClNO2/c1-20-15-6-5-13-9-14(17(18)19-16(13)10-15)11-21-8-7-12-3-2-4-12/h5-6,9-10,12H,2-4,7-8,11H2,1H3. The summed E-state index contributed by atoms with van der Waals surface area (Å²) in [4.78, 5) is 4.43. The topological polar surface area (TPSA) is 31.4 Å². The molecule has 21 heavy (non-hydrogen) atoms. The predicted octanol–water partition coefficient (Wildman–Crippen LogP) is 4.60. The lowest BCUT2D eigenvalue weighted by Gasteiger charge is -2.24. The van der Waals surface area contributed by atoms with Gasteiger partial charge in [0, 0.05) is 23.6 Å². The molecular formula is C17H20ClNO2. The second-order valence-electron chi connectivity index (χ2n) is 5.64. The number of nitrogens with zero attached hydrogens (tertiary/aromatic N) is 1. The van der Waals surface area contributed by atoms with Crippen LogP contribution in [0.3, 0.4) is 0 Å². The van der Waals surface area contributed by atoms with Crippen LogP contribution in [0.2, 0.25) is 5.15 Å². The number of fused-ring (bicyclic) bond motifs is 1. The van der Waals surface area contributed by atoms with Crippen molar-refractivity contribution in [2.45, 2.75) is 32.3 Å². The maximum Gasteiger partial charge on any atom is 0.135 e. The molecule has 3 rings (SSSR count). The molecule has 1 fully saturated rings. The molecule has 1 saturated carbocycles. The largest absolute Gasteiger partial charge is 0.497 e. The van der Waals surface area contributed by atoms with Gasteiger partial charge in [-0.1, -0.05) is 30.9 Å². The lowest BCUT2D eigenvalue weighted by Crippen LogP contribution is -2.13. The van der Waals surface area contributed by atoms with Crippen LogP contribution in [0.5, 0.6) is 5.75 Å². The molecule has 0 N–H and O–H groups in total.